The molecule has 26 heavy (non-hydrogen) atoms. The summed E-state index contributed by atoms with van der Waals surface area (Å²) in [6.45, 7) is 0. The first-order valence-corrected chi connectivity index (χ1v) is 8.90. The number of anilines is 1. The first kappa shape index (κ1) is 16.6. The number of amides is 1. The number of halogens is 1. The van der Waals surface area contributed by atoms with Crippen molar-refractivity contribution in [2.45, 2.75) is 0 Å². The number of carbonyl (C=O) groups is 1. The Morgan fingerprint density at radius 1 is 1.27 bits per heavy atom. The molecular formula is C18H13ClN4O2S. The van der Waals surface area contributed by atoms with Crippen molar-refractivity contribution in [1.82, 2.24) is 14.6 Å². The Labute approximate surface area is 157 Å². The first-order valence-electron chi connectivity index (χ1n) is 7.71. The summed E-state index contributed by atoms with van der Waals surface area (Å²) in [5.41, 5.74) is 2.73. The summed E-state index contributed by atoms with van der Waals surface area (Å²) in [4.78, 5) is 18.6. The first-order chi connectivity index (χ1) is 12.5. The topological polar surface area (TPSA) is 70.7 Å². The Kier molecular flexibility index (Phi) is 4.10. The maximum atomic E-state index is 12.8. The van der Waals surface area contributed by atoms with Crippen molar-refractivity contribution in [1.29, 1.82) is 0 Å². The molecule has 1 aromatic carbocycles. The Balaban J connectivity index is 1.71. The number of carbonyl (C=O) groups excluding carboxylic acids is 1. The van der Waals surface area contributed by atoms with Gasteiger partial charge in [-0.05, 0) is 24.3 Å². The van der Waals surface area contributed by atoms with Crippen molar-refractivity contribution in [2.75, 3.05) is 11.9 Å². The fraction of sp³-hybridized carbons (Fsp3) is 0.0556. The van der Waals surface area contributed by atoms with Crippen molar-refractivity contribution in [3.8, 4) is 17.0 Å². The second-order valence-electron chi connectivity index (χ2n) is 5.61. The number of phenols is 1. The van der Waals surface area contributed by atoms with Crippen LogP contribution >= 0.6 is 22.9 Å². The van der Waals surface area contributed by atoms with E-state index in [0.717, 1.165) is 22.4 Å². The van der Waals surface area contributed by atoms with Crippen LogP contribution < -0.4 is 4.90 Å². The number of phenolic OH excluding ortho intramolecular Hbond substituents is 1. The van der Waals surface area contributed by atoms with Gasteiger partial charge in [-0.1, -0.05) is 35.1 Å². The molecule has 3 heterocycles. The van der Waals surface area contributed by atoms with Gasteiger partial charge >= 0.3 is 0 Å². The summed E-state index contributed by atoms with van der Waals surface area (Å²) in [6.07, 6.45) is 3.52. The standard InChI is InChI=1S/C18H13ClN4O2S/c1-22(11-5-4-6-12(24)9-11)18(25)17-21-15(16(19)26-17)13-10-20-23-8-3-2-7-14(13)23/h2-10,24H,1H3. The molecule has 0 aliphatic carbocycles. The minimum absolute atomic E-state index is 0.0892. The zero-order valence-corrected chi connectivity index (χ0v) is 15.2. The molecule has 8 heteroatoms. The molecule has 1 N–H and O–H groups in total. The van der Waals surface area contributed by atoms with Crippen LogP contribution in [0.15, 0.2) is 54.9 Å². The molecule has 0 aliphatic rings. The lowest BCUT2D eigenvalue weighted by atomic mass is 10.2. The van der Waals surface area contributed by atoms with Crippen molar-refractivity contribution in [3.05, 3.63) is 64.2 Å². The van der Waals surface area contributed by atoms with Crippen LogP contribution in [-0.4, -0.2) is 32.7 Å². The number of thiazole rings is 1. The summed E-state index contributed by atoms with van der Waals surface area (Å²) in [6, 6.07) is 12.2. The van der Waals surface area contributed by atoms with E-state index in [1.807, 2.05) is 24.4 Å². The van der Waals surface area contributed by atoms with Gasteiger partial charge in [0.1, 0.15) is 15.8 Å². The Morgan fingerprint density at radius 3 is 2.92 bits per heavy atom. The lowest BCUT2D eigenvalue weighted by Crippen LogP contribution is -2.25. The van der Waals surface area contributed by atoms with Gasteiger partial charge < -0.3 is 10.0 Å². The van der Waals surface area contributed by atoms with E-state index in [2.05, 4.69) is 10.1 Å². The largest absolute Gasteiger partial charge is 0.508 e. The lowest BCUT2D eigenvalue weighted by Gasteiger charge is -2.15. The fourth-order valence-corrected chi connectivity index (χ4v) is 3.78. The summed E-state index contributed by atoms with van der Waals surface area (Å²) in [5.74, 6) is -0.211. The molecule has 4 aromatic rings. The van der Waals surface area contributed by atoms with Gasteiger partial charge in [-0.15, -0.1) is 0 Å². The van der Waals surface area contributed by atoms with E-state index in [1.54, 1.807) is 36.0 Å². The van der Waals surface area contributed by atoms with Crippen LogP contribution in [0, 0.1) is 0 Å². The minimum atomic E-state index is -0.301. The van der Waals surface area contributed by atoms with Crippen LogP contribution in [0.1, 0.15) is 9.80 Å². The molecule has 1 amide bonds. The number of hydrogen-bond donors (Lipinski definition) is 1. The number of aromatic nitrogens is 3. The predicted octanol–water partition coefficient (Wildman–Crippen LogP) is 4.09. The SMILES string of the molecule is CN(C(=O)c1nc(-c2cnn3ccccc23)c(Cl)s1)c1cccc(O)c1. The third-order valence-corrected chi connectivity index (χ3v) is 5.21. The van der Waals surface area contributed by atoms with E-state index < -0.39 is 0 Å². The highest BCUT2D eigenvalue weighted by Gasteiger charge is 2.22. The van der Waals surface area contributed by atoms with Gasteiger partial charge in [0.2, 0.25) is 0 Å². The van der Waals surface area contributed by atoms with Crippen molar-refractivity contribution in [2.24, 2.45) is 0 Å². The molecule has 0 radical (unpaired) electrons. The molecule has 6 nitrogen and oxygen atoms in total. The molecule has 0 aliphatic heterocycles. The third-order valence-electron chi connectivity index (χ3n) is 3.97. The Morgan fingerprint density at radius 2 is 2.12 bits per heavy atom. The summed E-state index contributed by atoms with van der Waals surface area (Å²) in [5, 5.41) is 14.2. The molecule has 0 bridgehead atoms. The molecule has 0 saturated heterocycles. The molecule has 4 rings (SSSR count). The van der Waals surface area contributed by atoms with E-state index in [4.69, 9.17) is 11.6 Å². The molecule has 0 atom stereocenters. The van der Waals surface area contributed by atoms with Gasteiger partial charge in [-0.2, -0.15) is 5.10 Å². The highest BCUT2D eigenvalue weighted by atomic mass is 35.5. The number of rotatable bonds is 3. The van der Waals surface area contributed by atoms with Crippen LogP contribution in [-0.2, 0) is 0 Å². The Hall–Kier alpha value is -2.90. The zero-order valence-electron chi connectivity index (χ0n) is 13.6. The van der Waals surface area contributed by atoms with E-state index in [0.29, 0.717) is 15.7 Å². The van der Waals surface area contributed by atoms with Crippen LogP contribution in [0.3, 0.4) is 0 Å². The highest BCUT2D eigenvalue weighted by molar-refractivity contribution is 7.18. The average molecular weight is 385 g/mol. The van der Waals surface area contributed by atoms with Gasteiger partial charge in [0, 0.05) is 30.6 Å². The molecule has 0 spiro atoms. The number of aromatic hydroxyl groups is 1. The third kappa shape index (κ3) is 2.81. The van der Waals surface area contributed by atoms with E-state index in [1.165, 1.54) is 11.0 Å². The second-order valence-corrected chi connectivity index (χ2v) is 7.22. The van der Waals surface area contributed by atoms with E-state index >= 15 is 0 Å². The quantitative estimate of drug-likeness (QED) is 0.577. The Bertz CT molecular complexity index is 1120. The summed E-state index contributed by atoms with van der Waals surface area (Å²) in [7, 11) is 1.63. The normalized spacial score (nSPS) is 11.0. The molecule has 3 aromatic heterocycles. The average Bonchev–Trinajstić information content (AvgIpc) is 3.23. The second kappa shape index (κ2) is 6.44. The number of nitrogens with zero attached hydrogens (tertiary/aromatic N) is 4. The van der Waals surface area contributed by atoms with Crippen molar-refractivity contribution >= 4 is 40.0 Å². The molecule has 0 unspecified atom stereocenters. The lowest BCUT2D eigenvalue weighted by molar-refractivity contribution is 0.0992. The summed E-state index contributed by atoms with van der Waals surface area (Å²) < 4.78 is 2.15. The molecule has 130 valence electrons. The van der Waals surface area contributed by atoms with Gasteiger partial charge in [0.25, 0.3) is 5.91 Å². The summed E-state index contributed by atoms with van der Waals surface area (Å²) >= 11 is 7.49. The van der Waals surface area contributed by atoms with Gasteiger partial charge in [0.15, 0.2) is 5.01 Å². The molecular weight excluding hydrogens is 372 g/mol. The predicted molar refractivity (Wildman–Crippen MR) is 102 cm³/mol. The van der Waals surface area contributed by atoms with Crippen LogP contribution in [0.25, 0.3) is 16.8 Å². The highest BCUT2D eigenvalue weighted by Crippen LogP contribution is 2.35. The van der Waals surface area contributed by atoms with Crippen LogP contribution in [0.4, 0.5) is 5.69 Å². The van der Waals surface area contributed by atoms with Crippen LogP contribution in [0.5, 0.6) is 5.75 Å². The fourth-order valence-electron chi connectivity index (χ4n) is 2.64. The molecule has 0 fully saturated rings. The number of hydrogen-bond acceptors (Lipinski definition) is 5. The van der Waals surface area contributed by atoms with E-state index in [-0.39, 0.29) is 16.7 Å². The number of pyridine rings is 1. The maximum Gasteiger partial charge on any atom is 0.287 e. The maximum absolute atomic E-state index is 12.8. The van der Waals surface area contributed by atoms with Gasteiger partial charge in [-0.3, -0.25) is 4.79 Å². The van der Waals surface area contributed by atoms with Gasteiger partial charge in [0.05, 0.1) is 11.7 Å². The van der Waals surface area contributed by atoms with Crippen molar-refractivity contribution < 1.29 is 9.90 Å². The monoisotopic (exact) mass is 384 g/mol. The smallest absolute Gasteiger partial charge is 0.287 e. The van der Waals surface area contributed by atoms with Gasteiger partial charge in [-0.25, -0.2) is 9.50 Å². The van der Waals surface area contributed by atoms with E-state index in [9.17, 15) is 9.90 Å². The number of fused-ring (bicyclic) bond motifs is 1. The minimum Gasteiger partial charge on any atom is -0.508 e. The van der Waals surface area contributed by atoms with Crippen molar-refractivity contribution in [3.63, 3.8) is 0 Å². The number of benzene rings is 1. The molecule has 0 saturated carbocycles. The van der Waals surface area contributed by atoms with Crippen LogP contribution in [0.2, 0.25) is 4.34 Å². The zero-order chi connectivity index (χ0) is 18.3.